The fourth-order valence-electron chi connectivity index (χ4n) is 3.72. The van der Waals surface area contributed by atoms with Crippen molar-refractivity contribution in [1.29, 1.82) is 0 Å². The van der Waals surface area contributed by atoms with E-state index in [1.807, 2.05) is 0 Å². The molecular weight excluding hydrogens is 432 g/mol. The monoisotopic (exact) mass is 454 g/mol. The molecule has 0 saturated carbocycles. The maximum Gasteiger partial charge on any atom is 0.265 e. The summed E-state index contributed by atoms with van der Waals surface area (Å²) < 4.78 is 1.23. The molecule has 2 amide bonds. The lowest BCUT2D eigenvalue weighted by molar-refractivity contribution is -0.152. The maximum atomic E-state index is 13.2. The van der Waals surface area contributed by atoms with E-state index in [2.05, 4.69) is 10.3 Å². The van der Waals surface area contributed by atoms with Gasteiger partial charge < -0.3 is 15.3 Å². The summed E-state index contributed by atoms with van der Waals surface area (Å²) in [5.74, 6) is -0.859. The molecule has 166 valence electrons. The average Bonchev–Trinajstić information content (AvgIpc) is 2.73. The van der Waals surface area contributed by atoms with E-state index in [0.29, 0.717) is 21.7 Å². The number of likely N-dealkylation sites (tertiary alicyclic amines) is 1. The van der Waals surface area contributed by atoms with Gasteiger partial charge in [0.2, 0.25) is 5.91 Å². The van der Waals surface area contributed by atoms with Crippen molar-refractivity contribution in [2.45, 2.75) is 32.5 Å². The zero-order chi connectivity index (χ0) is 23.0. The number of benzene rings is 1. The van der Waals surface area contributed by atoms with Crippen molar-refractivity contribution in [3.8, 4) is 0 Å². The highest BCUT2D eigenvalue weighted by molar-refractivity contribution is 6.30. The first kappa shape index (κ1) is 22.0. The molecule has 1 aromatic carbocycles. The van der Waals surface area contributed by atoms with Crippen LogP contribution in [0.2, 0.25) is 5.02 Å². The molecule has 1 saturated heterocycles. The number of carbonyl (C=O) groups excluding carboxylic acids is 2. The van der Waals surface area contributed by atoms with Gasteiger partial charge in [-0.2, -0.15) is 0 Å². The normalized spacial score (nSPS) is 14.8. The highest BCUT2D eigenvalue weighted by Crippen LogP contribution is 2.21. The number of carbonyl (C=O) groups is 2. The Hall–Kier alpha value is -3.23. The zero-order valence-corrected chi connectivity index (χ0v) is 18.5. The van der Waals surface area contributed by atoms with Gasteiger partial charge >= 0.3 is 0 Å². The van der Waals surface area contributed by atoms with E-state index in [1.54, 1.807) is 50.2 Å². The molecule has 1 aliphatic heterocycles. The number of hydrogen-bond acceptors (Lipinski definition) is 5. The fourth-order valence-corrected chi connectivity index (χ4v) is 3.84. The highest BCUT2D eigenvalue weighted by atomic mass is 35.5. The molecule has 2 N–H and O–H groups in total. The first-order chi connectivity index (χ1) is 15.1. The van der Waals surface area contributed by atoms with Crippen molar-refractivity contribution >= 4 is 34.4 Å². The highest BCUT2D eigenvalue weighted by Gasteiger charge is 2.39. The Morgan fingerprint density at radius 2 is 1.88 bits per heavy atom. The molecule has 0 unspecified atom stereocenters. The van der Waals surface area contributed by atoms with Crippen LogP contribution in [0.1, 0.15) is 28.5 Å². The van der Waals surface area contributed by atoms with Crippen molar-refractivity contribution in [2.75, 3.05) is 13.1 Å². The number of β-amino-alcohol motifs (C(OH)–C–C–N with tert-alkyl or cyclic N) is 1. The molecule has 1 aliphatic rings. The number of nitrogens with one attached hydrogen (secondary N) is 1. The molecule has 2 aromatic heterocycles. The molecule has 3 aromatic rings. The number of fused-ring (bicyclic) bond motifs is 1. The summed E-state index contributed by atoms with van der Waals surface area (Å²) in [5.41, 5.74) is 0.280. The minimum atomic E-state index is -0.916. The van der Waals surface area contributed by atoms with Gasteiger partial charge in [0.15, 0.2) is 0 Å². The van der Waals surface area contributed by atoms with Crippen molar-refractivity contribution in [3.63, 3.8) is 0 Å². The number of nitrogens with zero attached hydrogens (tertiary/aromatic N) is 3. The summed E-state index contributed by atoms with van der Waals surface area (Å²) in [6.07, 6.45) is 0. The van der Waals surface area contributed by atoms with Crippen molar-refractivity contribution in [1.82, 2.24) is 19.8 Å². The van der Waals surface area contributed by atoms with Crippen LogP contribution in [0.15, 0.2) is 47.3 Å². The minimum Gasteiger partial charge on any atom is -0.386 e. The predicted octanol–water partition coefficient (Wildman–Crippen LogP) is 1.88. The lowest BCUT2D eigenvalue weighted by Crippen LogP contribution is -2.62. The molecule has 0 spiro atoms. The maximum absolute atomic E-state index is 13.2. The largest absolute Gasteiger partial charge is 0.386 e. The minimum absolute atomic E-state index is 0.0690. The Bertz CT molecular complexity index is 1260. The Kier molecular flexibility index (Phi) is 5.75. The van der Waals surface area contributed by atoms with Gasteiger partial charge in [-0.1, -0.05) is 23.7 Å². The first-order valence-electron chi connectivity index (χ1n) is 10.2. The van der Waals surface area contributed by atoms with E-state index >= 15 is 0 Å². The number of hydrogen-bond donors (Lipinski definition) is 2. The molecular formula is C23H23ClN4O4. The van der Waals surface area contributed by atoms with Gasteiger partial charge in [0.1, 0.15) is 17.8 Å². The third-order valence-electron chi connectivity index (χ3n) is 5.40. The molecule has 4 rings (SSSR count). The van der Waals surface area contributed by atoms with E-state index in [4.69, 9.17) is 11.6 Å². The number of pyridine rings is 2. The average molecular weight is 455 g/mol. The van der Waals surface area contributed by atoms with E-state index in [9.17, 15) is 19.5 Å². The van der Waals surface area contributed by atoms with Gasteiger partial charge in [-0.3, -0.25) is 19.0 Å². The summed E-state index contributed by atoms with van der Waals surface area (Å²) >= 11 is 5.89. The SMILES string of the molecule is Cc1ccc2cc(C(=O)NCc3ccc(Cl)cc3)c(=O)n(CC(=O)N3CC(C)(O)C3)c2n1. The van der Waals surface area contributed by atoms with Crippen molar-refractivity contribution in [2.24, 2.45) is 0 Å². The summed E-state index contributed by atoms with van der Waals surface area (Å²) in [7, 11) is 0. The van der Waals surface area contributed by atoms with Gasteiger partial charge in [0.05, 0.1) is 18.7 Å². The van der Waals surface area contributed by atoms with E-state index < -0.39 is 17.1 Å². The van der Waals surface area contributed by atoms with Crippen LogP contribution < -0.4 is 10.9 Å². The van der Waals surface area contributed by atoms with Crippen LogP contribution in [-0.2, 0) is 17.9 Å². The molecule has 32 heavy (non-hydrogen) atoms. The lowest BCUT2D eigenvalue weighted by atomic mass is 9.97. The summed E-state index contributed by atoms with van der Waals surface area (Å²) in [6, 6.07) is 12.1. The lowest BCUT2D eigenvalue weighted by Gasteiger charge is -2.44. The van der Waals surface area contributed by atoms with Gasteiger partial charge in [-0.25, -0.2) is 4.98 Å². The Balaban J connectivity index is 1.64. The molecule has 0 aliphatic carbocycles. The second-order valence-corrected chi connectivity index (χ2v) is 8.81. The number of rotatable bonds is 5. The Morgan fingerprint density at radius 3 is 2.53 bits per heavy atom. The van der Waals surface area contributed by atoms with Gasteiger partial charge in [0.25, 0.3) is 11.5 Å². The third-order valence-corrected chi connectivity index (χ3v) is 5.65. The Labute approximate surface area is 189 Å². The first-order valence-corrected chi connectivity index (χ1v) is 10.5. The summed E-state index contributed by atoms with van der Waals surface area (Å²) in [5, 5.41) is 13.8. The summed E-state index contributed by atoms with van der Waals surface area (Å²) in [4.78, 5) is 44.6. The molecule has 1 fully saturated rings. The number of aromatic nitrogens is 2. The van der Waals surface area contributed by atoms with Crippen molar-refractivity contribution in [3.05, 3.63) is 74.7 Å². The van der Waals surface area contributed by atoms with E-state index in [1.165, 1.54) is 15.5 Å². The quantitative estimate of drug-likeness (QED) is 0.612. The Morgan fingerprint density at radius 1 is 1.19 bits per heavy atom. The molecule has 9 heteroatoms. The van der Waals surface area contributed by atoms with Crippen LogP contribution in [0.3, 0.4) is 0 Å². The zero-order valence-electron chi connectivity index (χ0n) is 17.8. The van der Waals surface area contributed by atoms with Crippen LogP contribution in [-0.4, -0.2) is 50.1 Å². The third kappa shape index (κ3) is 4.51. The van der Waals surface area contributed by atoms with Gasteiger partial charge in [-0.15, -0.1) is 0 Å². The standard InChI is InChI=1S/C23H23ClN4O4/c1-14-3-6-16-9-18(21(30)25-10-15-4-7-17(24)8-5-15)22(31)28(20(16)26-14)11-19(29)27-12-23(2,32)13-27/h3-9,32H,10-13H2,1-2H3,(H,25,30). The van der Waals surface area contributed by atoms with Crippen LogP contribution >= 0.6 is 11.6 Å². The second-order valence-electron chi connectivity index (χ2n) is 8.37. The topological polar surface area (TPSA) is 105 Å². The number of halogens is 1. The van der Waals surface area contributed by atoms with Gasteiger partial charge in [-0.05, 0) is 49.7 Å². The number of aryl methyl sites for hydroxylation is 1. The number of aliphatic hydroxyl groups is 1. The van der Waals surface area contributed by atoms with E-state index in [0.717, 1.165) is 5.56 Å². The van der Waals surface area contributed by atoms with Gasteiger partial charge in [0, 0.05) is 22.6 Å². The van der Waals surface area contributed by atoms with Crippen molar-refractivity contribution < 1.29 is 14.7 Å². The second kappa shape index (κ2) is 8.37. The smallest absolute Gasteiger partial charge is 0.265 e. The van der Waals surface area contributed by atoms with Crippen LogP contribution in [0.25, 0.3) is 11.0 Å². The van der Waals surface area contributed by atoms with Crippen LogP contribution in [0, 0.1) is 6.92 Å². The molecule has 3 heterocycles. The predicted molar refractivity (Wildman–Crippen MR) is 121 cm³/mol. The molecule has 0 atom stereocenters. The molecule has 8 nitrogen and oxygen atoms in total. The van der Waals surface area contributed by atoms with E-state index in [-0.39, 0.29) is 37.6 Å². The van der Waals surface area contributed by atoms with Crippen LogP contribution in [0.4, 0.5) is 0 Å². The summed E-state index contributed by atoms with van der Waals surface area (Å²) in [6.45, 7) is 3.80. The molecule has 0 bridgehead atoms. The van der Waals surface area contributed by atoms with Crippen LogP contribution in [0.5, 0.6) is 0 Å². The number of amides is 2. The fraction of sp³-hybridized carbons (Fsp3) is 0.304. The molecule has 0 radical (unpaired) electrons.